The molecule has 1 aliphatic carbocycles. The molecule has 0 bridgehead atoms. The molecule has 2 amide bonds. The van der Waals surface area contributed by atoms with E-state index in [1.807, 2.05) is 0 Å². The van der Waals surface area contributed by atoms with Crippen LogP contribution in [0.25, 0.3) is 0 Å². The average molecular weight is 284 g/mol. The molecule has 6 nitrogen and oxygen atoms in total. The van der Waals surface area contributed by atoms with Gasteiger partial charge in [0.05, 0.1) is 7.11 Å². The Kier molecular flexibility index (Phi) is 6.48. The number of nitrogens with zero attached hydrogens (tertiary/aromatic N) is 1. The molecule has 1 rings (SSSR count). The summed E-state index contributed by atoms with van der Waals surface area (Å²) in [5.41, 5.74) is 0. The highest BCUT2D eigenvalue weighted by molar-refractivity contribution is 5.89. The van der Waals surface area contributed by atoms with Crippen molar-refractivity contribution in [3.05, 3.63) is 0 Å². The van der Waals surface area contributed by atoms with Crippen molar-refractivity contribution in [2.45, 2.75) is 45.1 Å². The summed E-state index contributed by atoms with van der Waals surface area (Å²) in [5, 5.41) is 2.74. The molecular formula is C14H24N2O4. The normalized spacial score (nSPS) is 17.1. The first-order chi connectivity index (χ1) is 9.45. The fourth-order valence-electron chi connectivity index (χ4n) is 2.42. The van der Waals surface area contributed by atoms with Crippen LogP contribution in [0.2, 0.25) is 0 Å². The smallest absolute Gasteiger partial charge is 0.325 e. The number of carbonyl (C=O) groups excluding carboxylic acids is 3. The lowest BCUT2D eigenvalue weighted by atomic mass is 9.88. The van der Waals surface area contributed by atoms with E-state index < -0.39 is 12.0 Å². The fourth-order valence-corrected chi connectivity index (χ4v) is 2.42. The Morgan fingerprint density at radius 3 is 2.40 bits per heavy atom. The van der Waals surface area contributed by atoms with Gasteiger partial charge in [-0.2, -0.15) is 0 Å². The molecule has 0 aromatic carbocycles. The summed E-state index contributed by atoms with van der Waals surface area (Å²) in [7, 11) is 2.79. The molecule has 1 fully saturated rings. The SMILES string of the molecule is COC(=O)CN(C)C(=O)[C@H](C)NC(=O)C1CCCCC1. The maximum absolute atomic E-state index is 12.0. The summed E-state index contributed by atoms with van der Waals surface area (Å²) in [4.78, 5) is 36.4. The second-order valence-corrected chi connectivity index (χ2v) is 5.34. The largest absolute Gasteiger partial charge is 0.468 e. The van der Waals surface area contributed by atoms with Gasteiger partial charge in [-0.3, -0.25) is 14.4 Å². The van der Waals surface area contributed by atoms with Gasteiger partial charge in [0, 0.05) is 13.0 Å². The molecule has 6 heteroatoms. The van der Waals surface area contributed by atoms with Gasteiger partial charge in [-0.1, -0.05) is 19.3 Å². The van der Waals surface area contributed by atoms with Crippen LogP contribution in [0, 0.1) is 5.92 Å². The van der Waals surface area contributed by atoms with Gasteiger partial charge < -0.3 is 15.0 Å². The van der Waals surface area contributed by atoms with E-state index in [-0.39, 0.29) is 24.3 Å². The number of amides is 2. The van der Waals surface area contributed by atoms with Crippen molar-refractivity contribution in [1.29, 1.82) is 0 Å². The highest BCUT2D eigenvalue weighted by atomic mass is 16.5. The first-order valence-corrected chi connectivity index (χ1v) is 7.08. The third-order valence-electron chi connectivity index (χ3n) is 3.68. The summed E-state index contributed by atoms with van der Waals surface area (Å²) < 4.78 is 4.51. The highest BCUT2D eigenvalue weighted by Crippen LogP contribution is 2.23. The molecule has 114 valence electrons. The topological polar surface area (TPSA) is 75.7 Å². The van der Waals surface area contributed by atoms with Crippen LogP contribution in [0.1, 0.15) is 39.0 Å². The van der Waals surface area contributed by atoms with Crippen LogP contribution < -0.4 is 5.32 Å². The maximum atomic E-state index is 12.0. The van der Waals surface area contributed by atoms with Crippen LogP contribution in [-0.4, -0.2) is 49.4 Å². The minimum Gasteiger partial charge on any atom is -0.468 e. The van der Waals surface area contributed by atoms with Gasteiger partial charge in [-0.05, 0) is 19.8 Å². The van der Waals surface area contributed by atoms with Crippen molar-refractivity contribution in [2.24, 2.45) is 5.92 Å². The number of carbonyl (C=O) groups is 3. The molecule has 1 atom stereocenters. The van der Waals surface area contributed by atoms with Crippen molar-refractivity contribution >= 4 is 17.8 Å². The molecule has 1 saturated carbocycles. The third-order valence-corrected chi connectivity index (χ3v) is 3.68. The van der Waals surface area contributed by atoms with Crippen molar-refractivity contribution in [3.8, 4) is 0 Å². The minimum atomic E-state index is -0.626. The third kappa shape index (κ3) is 4.83. The lowest BCUT2D eigenvalue weighted by Crippen LogP contribution is -2.48. The maximum Gasteiger partial charge on any atom is 0.325 e. The Hall–Kier alpha value is -1.59. The molecule has 0 saturated heterocycles. The fraction of sp³-hybridized carbons (Fsp3) is 0.786. The molecule has 0 unspecified atom stereocenters. The zero-order valence-electron chi connectivity index (χ0n) is 12.5. The number of rotatable bonds is 5. The minimum absolute atomic E-state index is 0.0184. The summed E-state index contributed by atoms with van der Waals surface area (Å²) in [6, 6.07) is -0.626. The summed E-state index contributed by atoms with van der Waals surface area (Å²) in [6.07, 6.45) is 5.11. The Balaban J connectivity index is 2.43. The van der Waals surface area contributed by atoms with Gasteiger partial charge in [0.2, 0.25) is 11.8 Å². The van der Waals surface area contributed by atoms with Crippen LogP contribution in [0.4, 0.5) is 0 Å². The Labute approximate surface area is 119 Å². The molecule has 0 aliphatic heterocycles. The van der Waals surface area contributed by atoms with E-state index in [0.717, 1.165) is 25.7 Å². The molecule has 0 radical (unpaired) electrons. The van der Waals surface area contributed by atoms with Gasteiger partial charge in [0.15, 0.2) is 0 Å². The van der Waals surface area contributed by atoms with Crippen molar-refractivity contribution < 1.29 is 19.1 Å². The number of hydrogen-bond acceptors (Lipinski definition) is 4. The number of hydrogen-bond donors (Lipinski definition) is 1. The van der Waals surface area contributed by atoms with Gasteiger partial charge in [0.1, 0.15) is 12.6 Å². The molecule has 1 aliphatic rings. The zero-order valence-corrected chi connectivity index (χ0v) is 12.5. The van der Waals surface area contributed by atoms with Crippen molar-refractivity contribution in [3.63, 3.8) is 0 Å². The van der Waals surface area contributed by atoms with Crippen LogP contribution in [0.5, 0.6) is 0 Å². The zero-order chi connectivity index (χ0) is 15.1. The highest BCUT2D eigenvalue weighted by Gasteiger charge is 2.26. The van der Waals surface area contributed by atoms with Crippen molar-refractivity contribution in [2.75, 3.05) is 20.7 Å². The van der Waals surface area contributed by atoms with Gasteiger partial charge in [0.25, 0.3) is 0 Å². The van der Waals surface area contributed by atoms with E-state index in [9.17, 15) is 14.4 Å². The van der Waals surface area contributed by atoms with Crippen molar-refractivity contribution in [1.82, 2.24) is 10.2 Å². The van der Waals surface area contributed by atoms with Crippen LogP contribution in [0.3, 0.4) is 0 Å². The first-order valence-electron chi connectivity index (χ1n) is 7.08. The van der Waals surface area contributed by atoms with E-state index in [0.29, 0.717) is 0 Å². The predicted octanol–water partition coefficient (Wildman–Crippen LogP) is 0.703. The first kappa shape index (κ1) is 16.5. The average Bonchev–Trinajstić information content (AvgIpc) is 2.46. The van der Waals surface area contributed by atoms with E-state index in [1.54, 1.807) is 6.92 Å². The van der Waals surface area contributed by atoms with E-state index in [1.165, 1.54) is 25.5 Å². The van der Waals surface area contributed by atoms with Crippen LogP contribution >= 0.6 is 0 Å². The Morgan fingerprint density at radius 1 is 1.25 bits per heavy atom. The van der Waals surface area contributed by atoms with Gasteiger partial charge in [-0.25, -0.2) is 0 Å². The summed E-state index contributed by atoms with van der Waals surface area (Å²) in [6.45, 7) is 1.52. The summed E-state index contributed by atoms with van der Waals surface area (Å²) in [5.74, 6) is -0.812. The molecule has 20 heavy (non-hydrogen) atoms. The molecule has 0 aromatic rings. The molecule has 0 spiro atoms. The van der Waals surface area contributed by atoms with Gasteiger partial charge >= 0.3 is 5.97 Å². The predicted molar refractivity (Wildman–Crippen MR) is 73.8 cm³/mol. The van der Waals surface area contributed by atoms with E-state index >= 15 is 0 Å². The monoisotopic (exact) mass is 284 g/mol. The lowest BCUT2D eigenvalue weighted by Gasteiger charge is -2.25. The molecule has 0 heterocycles. The van der Waals surface area contributed by atoms with E-state index in [2.05, 4.69) is 10.1 Å². The standard InChI is InChI=1S/C14H24N2O4/c1-10(14(19)16(2)9-12(17)20-3)15-13(18)11-7-5-4-6-8-11/h10-11H,4-9H2,1-3H3,(H,15,18)/t10-/m0/s1. The second kappa shape index (κ2) is 7.87. The quantitative estimate of drug-likeness (QED) is 0.754. The number of nitrogens with one attached hydrogen (secondary N) is 1. The molecule has 1 N–H and O–H groups in total. The Bertz CT molecular complexity index is 364. The number of likely N-dealkylation sites (N-methyl/N-ethyl adjacent to an activating group) is 1. The lowest BCUT2D eigenvalue weighted by molar-refractivity contribution is -0.147. The molecular weight excluding hydrogens is 260 g/mol. The second-order valence-electron chi connectivity index (χ2n) is 5.34. The number of esters is 1. The van der Waals surface area contributed by atoms with Crippen LogP contribution in [-0.2, 0) is 19.1 Å². The number of methoxy groups -OCH3 is 1. The molecule has 0 aromatic heterocycles. The summed E-state index contributed by atoms with van der Waals surface area (Å²) >= 11 is 0. The van der Waals surface area contributed by atoms with E-state index in [4.69, 9.17) is 0 Å². The number of ether oxygens (including phenoxy) is 1. The Morgan fingerprint density at radius 2 is 1.85 bits per heavy atom. The van der Waals surface area contributed by atoms with Crippen LogP contribution in [0.15, 0.2) is 0 Å². The van der Waals surface area contributed by atoms with Gasteiger partial charge in [-0.15, -0.1) is 0 Å².